The highest BCUT2D eigenvalue weighted by Crippen LogP contribution is 2.31. The van der Waals surface area contributed by atoms with Gasteiger partial charge in [0, 0.05) is 23.7 Å². The Bertz CT molecular complexity index is 993. The Balaban J connectivity index is 1.44. The molecule has 1 aliphatic heterocycles. The van der Waals surface area contributed by atoms with Gasteiger partial charge in [0.05, 0.1) is 6.54 Å². The fourth-order valence-corrected chi connectivity index (χ4v) is 3.94. The zero-order valence-electron chi connectivity index (χ0n) is 17.7. The third kappa shape index (κ3) is 5.33. The van der Waals surface area contributed by atoms with Crippen LogP contribution in [0.4, 0.5) is 5.95 Å². The minimum absolute atomic E-state index is 0.304. The van der Waals surface area contributed by atoms with E-state index in [-0.39, 0.29) is 0 Å². The first-order valence-corrected chi connectivity index (χ1v) is 11.4. The number of anilines is 1. The van der Waals surface area contributed by atoms with Crippen LogP contribution in [0.5, 0.6) is 0 Å². The van der Waals surface area contributed by atoms with Crippen molar-refractivity contribution in [2.75, 3.05) is 11.9 Å². The fourth-order valence-electron chi connectivity index (χ4n) is 3.17. The molecule has 1 N–H and O–H groups in total. The smallest absolute Gasteiger partial charge is 0.232 e. The monoisotopic (exact) mass is 421 g/mol. The number of ketones is 1. The predicted octanol–water partition coefficient (Wildman–Crippen LogP) is 4.51. The minimum atomic E-state index is 0.304. The molecule has 1 aliphatic carbocycles. The van der Waals surface area contributed by atoms with Gasteiger partial charge in [0.1, 0.15) is 17.4 Å². The van der Waals surface area contributed by atoms with E-state index in [0.29, 0.717) is 35.1 Å². The molecule has 0 saturated heterocycles. The van der Waals surface area contributed by atoms with E-state index < -0.39 is 0 Å². The highest BCUT2D eigenvalue weighted by atomic mass is 32.2. The Hall–Kier alpha value is -2.54. The summed E-state index contributed by atoms with van der Waals surface area (Å²) in [5, 5.41) is 3.89. The van der Waals surface area contributed by atoms with Gasteiger partial charge in [0.15, 0.2) is 5.16 Å². The van der Waals surface area contributed by atoms with Gasteiger partial charge in [-0.3, -0.25) is 9.79 Å². The first-order valence-electron chi connectivity index (χ1n) is 10.6. The topological polar surface area (TPSA) is 80.1 Å². The van der Waals surface area contributed by atoms with Crippen molar-refractivity contribution in [3.05, 3.63) is 47.3 Å². The van der Waals surface area contributed by atoms with Crippen LogP contribution in [0.3, 0.4) is 0 Å². The van der Waals surface area contributed by atoms with Crippen molar-refractivity contribution in [2.45, 2.75) is 56.5 Å². The van der Waals surface area contributed by atoms with Crippen molar-refractivity contribution in [2.24, 2.45) is 16.8 Å². The molecule has 0 atom stereocenters. The number of hydrogen-bond acceptors (Lipinski definition) is 7. The van der Waals surface area contributed by atoms with Crippen LogP contribution in [0.2, 0.25) is 0 Å². The molecule has 156 valence electrons. The maximum absolute atomic E-state index is 12.0. The molecule has 4 rings (SSSR count). The molecule has 0 spiro atoms. The number of amidine groups is 1. The molecule has 1 saturated carbocycles. The number of aliphatic imine (C=N–C) groups is 1. The molecule has 0 bridgehead atoms. The largest absolute Gasteiger partial charge is 0.309 e. The average Bonchev–Trinajstić information content (AvgIpc) is 3.48. The van der Waals surface area contributed by atoms with Crippen LogP contribution >= 0.6 is 11.8 Å². The lowest BCUT2D eigenvalue weighted by Crippen LogP contribution is -2.12. The summed E-state index contributed by atoms with van der Waals surface area (Å²) in [5.74, 6) is 3.21. The molecule has 2 heterocycles. The molecule has 2 aliphatic rings. The Labute approximate surface area is 181 Å². The van der Waals surface area contributed by atoms with Crippen molar-refractivity contribution >= 4 is 29.3 Å². The van der Waals surface area contributed by atoms with Crippen LogP contribution in [0, 0.1) is 11.8 Å². The molecule has 7 heteroatoms. The van der Waals surface area contributed by atoms with E-state index in [1.807, 2.05) is 31.2 Å². The van der Waals surface area contributed by atoms with Gasteiger partial charge in [-0.05, 0) is 59.9 Å². The van der Waals surface area contributed by atoms with Gasteiger partial charge in [-0.1, -0.05) is 32.9 Å². The number of nitrogens with one attached hydrogen (secondary N) is 1. The van der Waals surface area contributed by atoms with Gasteiger partial charge in [-0.25, -0.2) is 4.98 Å². The number of Topliss-reactive ketones (excluding diaryl/α,β-unsaturated/α-hetero) is 1. The number of nitrogens with zero attached hydrogens (tertiary/aromatic N) is 4. The third-order valence-electron chi connectivity index (χ3n) is 5.26. The lowest BCUT2D eigenvalue weighted by atomic mass is 10.0. The van der Waals surface area contributed by atoms with Crippen LogP contribution in [0.25, 0.3) is 0 Å². The van der Waals surface area contributed by atoms with Crippen LogP contribution in [0.1, 0.15) is 45.0 Å². The second-order valence-corrected chi connectivity index (χ2v) is 9.12. The second-order valence-electron chi connectivity index (χ2n) is 8.08. The lowest BCUT2D eigenvalue weighted by Gasteiger charge is -2.08. The van der Waals surface area contributed by atoms with E-state index in [2.05, 4.69) is 45.2 Å². The van der Waals surface area contributed by atoms with Crippen molar-refractivity contribution in [3.8, 4) is 0 Å². The van der Waals surface area contributed by atoms with Gasteiger partial charge >= 0.3 is 0 Å². The number of carbonyl (C=O) groups is 1. The van der Waals surface area contributed by atoms with Crippen molar-refractivity contribution < 1.29 is 4.79 Å². The van der Waals surface area contributed by atoms with Crippen molar-refractivity contribution in [1.82, 2.24) is 15.0 Å². The van der Waals surface area contributed by atoms with Crippen molar-refractivity contribution in [1.29, 1.82) is 0 Å². The molecule has 0 unspecified atom stereocenters. The van der Waals surface area contributed by atoms with E-state index in [9.17, 15) is 4.79 Å². The Kier molecular flexibility index (Phi) is 6.27. The number of hydrogen-bond donors (Lipinski definition) is 1. The summed E-state index contributed by atoms with van der Waals surface area (Å²) >= 11 is 1.50. The Morgan fingerprint density at radius 2 is 1.93 bits per heavy atom. The summed E-state index contributed by atoms with van der Waals surface area (Å²) in [6, 6.07) is 8.10. The quantitative estimate of drug-likeness (QED) is 0.675. The molecule has 1 fully saturated rings. The van der Waals surface area contributed by atoms with Gasteiger partial charge in [-0.2, -0.15) is 9.97 Å². The number of rotatable bonds is 8. The first-order chi connectivity index (χ1) is 14.5. The summed E-state index contributed by atoms with van der Waals surface area (Å²) in [7, 11) is 0. The summed E-state index contributed by atoms with van der Waals surface area (Å²) in [4.78, 5) is 31.2. The Morgan fingerprint density at radius 3 is 2.57 bits per heavy atom. The fraction of sp³-hybridized carbons (Fsp3) is 0.435. The Morgan fingerprint density at radius 1 is 1.17 bits per heavy atom. The highest BCUT2D eigenvalue weighted by Gasteiger charge is 2.29. The van der Waals surface area contributed by atoms with E-state index in [0.717, 1.165) is 47.9 Å². The van der Waals surface area contributed by atoms with Crippen LogP contribution in [-0.4, -0.2) is 33.1 Å². The molecular formula is C23H27N5OS. The van der Waals surface area contributed by atoms with Gasteiger partial charge in [-0.15, -0.1) is 0 Å². The highest BCUT2D eigenvalue weighted by molar-refractivity contribution is 7.99. The van der Waals surface area contributed by atoms with Gasteiger partial charge in [0.2, 0.25) is 5.95 Å². The molecule has 1 aromatic heterocycles. The number of aryl methyl sites for hydroxylation is 1. The first kappa shape index (κ1) is 20.7. The van der Waals surface area contributed by atoms with Crippen LogP contribution in [0.15, 0.2) is 51.0 Å². The summed E-state index contributed by atoms with van der Waals surface area (Å²) in [6.45, 7) is 7.10. The molecule has 30 heavy (non-hydrogen) atoms. The number of benzene rings is 1. The predicted molar refractivity (Wildman–Crippen MR) is 120 cm³/mol. The maximum Gasteiger partial charge on any atom is 0.232 e. The zero-order chi connectivity index (χ0) is 21.1. The molecule has 1 aromatic carbocycles. The lowest BCUT2D eigenvalue weighted by molar-refractivity contribution is -0.119. The van der Waals surface area contributed by atoms with Crippen molar-refractivity contribution in [3.63, 3.8) is 0 Å². The average molecular weight is 422 g/mol. The molecular weight excluding hydrogens is 394 g/mol. The van der Waals surface area contributed by atoms with Gasteiger partial charge < -0.3 is 5.32 Å². The number of carbonyl (C=O) groups excluding carboxylic acids is 1. The summed E-state index contributed by atoms with van der Waals surface area (Å²) < 4.78 is 0. The zero-order valence-corrected chi connectivity index (χ0v) is 18.5. The third-order valence-corrected chi connectivity index (χ3v) is 6.13. The summed E-state index contributed by atoms with van der Waals surface area (Å²) in [6.07, 6.45) is 5.46. The SMILES string of the molecule is CCc1nc(NC2=NCC(C(C)C)=C2)nc(Sc2ccc(CC(=O)C3CC3)cc2)n1. The van der Waals surface area contributed by atoms with Gasteiger partial charge in [0.25, 0.3) is 0 Å². The minimum Gasteiger partial charge on any atom is -0.309 e. The van der Waals surface area contributed by atoms with E-state index in [1.165, 1.54) is 17.3 Å². The summed E-state index contributed by atoms with van der Waals surface area (Å²) in [5.41, 5.74) is 2.37. The number of aromatic nitrogens is 3. The molecule has 0 amide bonds. The van der Waals surface area contributed by atoms with E-state index >= 15 is 0 Å². The molecule has 2 aromatic rings. The normalized spacial score (nSPS) is 15.9. The van der Waals surface area contributed by atoms with E-state index in [1.54, 1.807) is 0 Å². The van der Waals surface area contributed by atoms with E-state index in [4.69, 9.17) is 0 Å². The second kappa shape index (κ2) is 9.08. The standard InChI is InChI=1S/C23H27N5OS/c1-4-20-25-22(26-21-12-17(13-24-21)14(2)3)28-23(27-20)30-18-9-5-15(6-10-18)11-19(29)16-7-8-16/h5-6,9-10,12,14,16H,4,7-8,11,13H2,1-3H3,(H,24,25,26,27,28). The van der Waals surface area contributed by atoms with Crippen LogP contribution < -0.4 is 5.32 Å². The molecule has 6 nitrogen and oxygen atoms in total. The molecule has 0 radical (unpaired) electrons. The van der Waals surface area contributed by atoms with Crippen LogP contribution in [-0.2, 0) is 17.6 Å². The maximum atomic E-state index is 12.0.